The molecule has 0 saturated heterocycles. The zero-order valence-electron chi connectivity index (χ0n) is 20.9. The Morgan fingerprint density at radius 2 is 1.69 bits per heavy atom. The molecule has 0 amide bonds. The number of methoxy groups -OCH3 is 1. The SMILES string of the molecule is COc1ccc(Cc2cnc(N)nc2N)cc1OCCN(c1ccc([N+](=O)[O-])cc1)c1ccc(S(=O)O)cc1. The molecule has 1 atom stereocenters. The van der Waals surface area contributed by atoms with Gasteiger partial charge in [-0.2, -0.15) is 4.98 Å². The molecule has 0 fully saturated rings. The molecule has 4 rings (SSSR count). The zero-order chi connectivity index (χ0) is 27.9. The first-order valence-corrected chi connectivity index (χ1v) is 12.8. The number of non-ortho nitro benzene ring substituents is 1. The molecule has 0 saturated carbocycles. The van der Waals surface area contributed by atoms with E-state index < -0.39 is 16.0 Å². The minimum Gasteiger partial charge on any atom is -0.493 e. The Morgan fingerprint density at radius 1 is 1.03 bits per heavy atom. The molecule has 1 heterocycles. The van der Waals surface area contributed by atoms with Gasteiger partial charge in [0.1, 0.15) is 12.4 Å². The minimum absolute atomic E-state index is 0.0327. The second-order valence-electron chi connectivity index (χ2n) is 8.32. The van der Waals surface area contributed by atoms with E-state index in [1.54, 1.807) is 55.8 Å². The molecule has 1 aromatic heterocycles. The van der Waals surface area contributed by atoms with Crippen molar-refractivity contribution in [1.29, 1.82) is 0 Å². The topological polar surface area (TPSA) is 180 Å². The van der Waals surface area contributed by atoms with Crippen LogP contribution in [0.3, 0.4) is 0 Å². The van der Waals surface area contributed by atoms with Gasteiger partial charge in [-0.25, -0.2) is 9.19 Å². The average molecular weight is 551 g/mol. The molecule has 13 heteroatoms. The summed E-state index contributed by atoms with van der Waals surface area (Å²) in [6.45, 7) is 0.573. The van der Waals surface area contributed by atoms with E-state index in [4.69, 9.17) is 20.9 Å². The van der Waals surface area contributed by atoms with Gasteiger partial charge in [-0.3, -0.25) is 10.1 Å². The van der Waals surface area contributed by atoms with Crippen molar-refractivity contribution in [1.82, 2.24) is 9.97 Å². The molecule has 39 heavy (non-hydrogen) atoms. The average Bonchev–Trinajstić information content (AvgIpc) is 2.93. The largest absolute Gasteiger partial charge is 0.493 e. The second kappa shape index (κ2) is 12.2. The third-order valence-electron chi connectivity index (χ3n) is 5.83. The van der Waals surface area contributed by atoms with Crippen LogP contribution in [-0.4, -0.2) is 43.9 Å². The van der Waals surface area contributed by atoms with Crippen molar-refractivity contribution in [3.8, 4) is 11.5 Å². The van der Waals surface area contributed by atoms with Gasteiger partial charge in [0.15, 0.2) is 22.6 Å². The third kappa shape index (κ3) is 6.77. The Balaban J connectivity index is 1.55. The normalized spacial score (nSPS) is 11.5. The first-order valence-electron chi connectivity index (χ1n) is 11.6. The Hall–Kier alpha value is -4.75. The molecule has 0 aliphatic rings. The van der Waals surface area contributed by atoms with Crippen LogP contribution in [0.25, 0.3) is 0 Å². The van der Waals surface area contributed by atoms with Gasteiger partial charge in [0.25, 0.3) is 5.69 Å². The predicted molar refractivity (Wildman–Crippen MR) is 148 cm³/mol. The standard InChI is InChI=1S/C26H26N6O6S/c1-37-23-11-2-17(14-18-16-29-26(28)30-25(18)27)15-24(23)38-13-12-31(19-3-5-21(6-4-19)32(33)34)20-7-9-22(10-8-20)39(35)36/h2-11,15-16H,12-14H2,1H3,(H,35,36)(H4,27,28,29,30). The lowest BCUT2D eigenvalue weighted by Gasteiger charge is -2.25. The molecule has 0 radical (unpaired) electrons. The number of nitro groups is 1. The van der Waals surface area contributed by atoms with Crippen LogP contribution in [0.4, 0.5) is 28.8 Å². The Bertz CT molecular complexity index is 1430. The van der Waals surface area contributed by atoms with E-state index >= 15 is 0 Å². The second-order valence-corrected chi connectivity index (χ2v) is 9.29. The van der Waals surface area contributed by atoms with E-state index in [2.05, 4.69) is 9.97 Å². The van der Waals surface area contributed by atoms with Crippen LogP contribution in [0.15, 0.2) is 77.8 Å². The number of ether oxygens (including phenoxy) is 2. The van der Waals surface area contributed by atoms with E-state index in [9.17, 15) is 18.9 Å². The van der Waals surface area contributed by atoms with Crippen LogP contribution >= 0.6 is 0 Å². The summed E-state index contributed by atoms with van der Waals surface area (Å²) in [5, 5.41) is 11.1. The summed E-state index contributed by atoms with van der Waals surface area (Å²) in [5.74, 6) is 1.46. The molecule has 12 nitrogen and oxygen atoms in total. The lowest BCUT2D eigenvalue weighted by atomic mass is 10.1. The molecular weight excluding hydrogens is 524 g/mol. The summed E-state index contributed by atoms with van der Waals surface area (Å²) in [6, 6.07) is 18.1. The zero-order valence-corrected chi connectivity index (χ0v) is 21.7. The van der Waals surface area contributed by atoms with Crippen molar-refractivity contribution in [3.63, 3.8) is 0 Å². The smallest absolute Gasteiger partial charge is 0.269 e. The van der Waals surface area contributed by atoms with Gasteiger partial charge in [-0.15, -0.1) is 0 Å². The maximum Gasteiger partial charge on any atom is 0.269 e. The minimum atomic E-state index is -2.11. The molecule has 1 unspecified atom stereocenters. The van der Waals surface area contributed by atoms with Crippen LogP contribution in [0.2, 0.25) is 0 Å². The highest BCUT2D eigenvalue weighted by molar-refractivity contribution is 7.79. The fourth-order valence-electron chi connectivity index (χ4n) is 3.89. The van der Waals surface area contributed by atoms with Crippen molar-refractivity contribution in [2.24, 2.45) is 0 Å². The molecule has 0 spiro atoms. The highest BCUT2D eigenvalue weighted by Gasteiger charge is 2.15. The number of hydrogen-bond donors (Lipinski definition) is 3. The molecule has 0 aliphatic heterocycles. The molecule has 0 bridgehead atoms. The molecule has 202 valence electrons. The highest BCUT2D eigenvalue weighted by Crippen LogP contribution is 2.31. The van der Waals surface area contributed by atoms with Crippen molar-refractivity contribution in [2.75, 3.05) is 36.6 Å². The van der Waals surface area contributed by atoms with Crippen LogP contribution in [0.1, 0.15) is 11.1 Å². The van der Waals surface area contributed by atoms with E-state index in [-0.39, 0.29) is 23.1 Å². The number of hydrogen-bond acceptors (Lipinski definition) is 10. The van der Waals surface area contributed by atoms with Crippen molar-refractivity contribution >= 4 is 39.9 Å². The number of benzene rings is 3. The van der Waals surface area contributed by atoms with Crippen LogP contribution in [0.5, 0.6) is 11.5 Å². The summed E-state index contributed by atoms with van der Waals surface area (Å²) in [4.78, 5) is 20.8. The lowest BCUT2D eigenvalue weighted by Crippen LogP contribution is -2.23. The summed E-state index contributed by atoms with van der Waals surface area (Å²) in [5.41, 5.74) is 14.5. The maximum absolute atomic E-state index is 11.4. The summed E-state index contributed by atoms with van der Waals surface area (Å²) in [7, 11) is 1.55. The number of aromatic nitrogens is 2. The van der Waals surface area contributed by atoms with Gasteiger partial charge in [0.2, 0.25) is 5.95 Å². The third-order valence-corrected chi connectivity index (χ3v) is 6.51. The molecular formula is C26H26N6O6S. The number of nitrogens with two attached hydrogens (primary N) is 2. The monoisotopic (exact) mass is 550 g/mol. The van der Waals surface area contributed by atoms with Crippen LogP contribution in [-0.2, 0) is 17.5 Å². The van der Waals surface area contributed by atoms with E-state index in [0.717, 1.165) is 11.1 Å². The first kappa shape index (κ1) is 27.3. The fourth-order valence-corrected chi connectivity index (χ4v) is 4.25. The van der Waals surface area contributed by atoms with Gasteiger partial charge >= 0.3 is 0 Å². The van der Waals surface area contributed by atoms with Gasteiger partial charge in [0, 0.05) is 41.7 Å². The maximum atomic E-state index is 11.4. The van der Waals surface area contributed by atoms with Crippen LogP contribution in [0, 0.1) is 10.1 Å². The van der Waals surface area contributed by atoms with E-state index in [1.807, 2.05) is 17.0 Å². The Kier molecular flexibility index (Phi) is 8.53. The predicted octanol–water partition coefficient (Wildman–Crippen LogP) is 3.95. The highest BCUT2D eigenvalue weighted by atomic mass is 32.2. The van der Waals surface area contributed by atoms with E-state index in [0.29, 0.717) is 41.7 Å². The number of anilines is 4. The van der Waals surface area contributed by atoms with Gasteiger partial charge in [-0.1, -0.05) is 6.07 Å². The molecule has 5 N–H and O–H groups in total. The summed E-state index contributed by atoms with van der Waals surface area (Å²) >= 11 is -2.11. The number of nitrogen functional groups attached to an aromatic ring is 2. The van der Waals surface area contributed by atoms with Gasteiger partial charge < -0.3 is 30.4 Å². The van der Waals surface area contributed by atoms with Gasteiger partial charge in [0.05, 0.1) is 23.5 Å². The number of nitrogens with zero attached hydrogens (tertiary/aromatic N) is 4. The Morgan fingerprint density at radius 3 is 2.28 bits per heavy atom. The molecule has 4 aromatic rings. The van der Waals surface area contributed by atoms with Crippen LogP contribution < -0.4 is 25.8 Å². The van der Waals surface area contributed by atoms with E-state index in [1.165, 1.54) is 12.1 Å². The Labute approximate surface area is 226 Å². The lowest BCUT2D eigenvalue weighted by molar-refractivity contribution is -0.384. The fraction of sp³-hybridized carbons (Fsp3) is 0.154. The first-order chi connectivity index (χ1) is 18.7. The quantitative estimate of drug-likeness (QED) is 0.140. The van der Waals surface area contributed by atoms with Crippen molar-refractivity contribution < 1.29 is 23.2 Å². The summed E-state index contributed by atoms with van der Waals surface area (Å²) < 4.78 is 32.3. The van der Waals surface area contributed by atoms with Crippen molar-refractivity contribution in [3.05, 3.63) is 94.2 Å². The van der Waals surface area contributed by atoms with Crippen molar-refractivity contribution in [2.45, 2.75) is 11.3 Å². The van der Waals surface area contributed by atoms with Gasteiger partial charge in [-0.05, 0) is 54.1 Å². The number of rotatable bonds is 11. The summed E-state index contributed by atoms with van der Waals surface area (Å²) in [6.07, 6.45) is 2.04. The molecule has 3 aromatic carbocycles. The molecule has 0 aliphatic carbocycles. The number of nitro benzene ring substituents is 1.